The Bertz CT molecular complexity index is 1740. The van der Waals surface area contributed by atoms with Gasteiger partial charge in [-0.15, -0.1) is 0 Å². The number of rotatable bonds is 11. The number of allylic oxidation sites excluding steroid dienone is 1. The SMILES string of the molecule is COc1c(OCO)ccc2c1O[C@@H]1c3c(C[NH+]4C=C5C=CN=C5C4)cc(O[C@H]4O[C@H](COC(=O)CC(=O)[O-])[C@@H](O)[C@H](O)[C@H]4O)cc3OC[C@@H]21. The van der Waals surface area contributed by atoms with E-state index in [0.717, 1.165) is 32.9 Å². The zero-order valence-electron chi connectivity index (χ0n) is 26.1. The summed E-state index contributed by atoms with van der Waals surface area (Å²) in [6.07, 6.45) is -3.70. The minimum Gasteiger partial charge on any atom is -0.550 e. The van der Waals surface area contributed by atoms with Gasteiger partial charge in [-0.1, -0.05) is 6.07 Å². The monoisotopic (exact) mass is 682 g/mol. The fraction of sp³-hybridized carbons (Fsp3) is 0.424. The number of carbonyl (C=O) groups is 2. The molecule has 8 atom stereocenters. The number of hydrogen-bond donors (Lipinski definition) is 5. The Balaban J connectivity index is 1.19. The van der Waals surface area contributed by atoms with Gasteiger partial charge < -0.3 is 63.5 Å². The van der Waals surface area contributed by atoms with Crippen LogP contribution in [0.3, 0.4) is 0 Å². The largest absolute Gasteiger partial charge is 0.550 e. The molecule has 49 heavy (non-hydrogen) atoms. The molecule has 5 aliphatic heterocycles. The topological polar surface area (TPSA) is 220 Å². The van der Waals surface area contributed by atoms with Crippen LogP contribution in [0.4, 0.5) is 0 Å². The number of aliphatic imine (C=N–C) groups is 1. The summed E-state index contributed by atoms with van der Waals surface area (Å²) in [6.45, 7) is 0.187. The molecule has 2 aromatic rings. The molecule has 16 heteroatoms. The second-order valence-corrected chi connectivity index (χ2v) is 12.1. The number of ether oxygens (including phenoxy) is 7. The molecule has 1 saturated heterocycles. The van der Waals surface area contributed by atoms with E-state index in [-0.39, 0.29) is 18.3 Å². The number of aliphatic hydroxyl groups excluding tert-OH is 4. The van der Waals surface area contributed by atoms with Crippen molar-refractivity contribution < 1.29 is 73.2 Å². The Morgan fingerprint density at radius 2 is 1.98 bits per heavy atom. The number of hydrogen-bond acceptors (Lipinski definition) is 15. The van der Waals surface area contributed by atoms with Crippen molar-refractivity contribution in [1.82, 2.24) is 0 Å². The molecule has 16 nitrogen and oxygen atoms in total. The number of nitrogens with zero attached hydrogens (tertiary/aromatic N) is 1. The van der Waals surface area contributed by atoms with Gasteiger partial charge in [-0.2, -0.15) is 0 Å². The van der Waals surface area contributed by atoms with E-state index in [9.17, 15) is 35.1 Å². The van der Waals surface area contributed by atoms with Gasteiger partial charge in [0.05, 0.1) is 37.6 Å². The molecule has 2 aromatic carbocycles. The highest BCUT2D eigenvalue weighted by Gasteiger charge is 2.47. The maximum Gasteiger partial charge on any atom is 0.311 e. The number of carboxylic acids is 1. The summed E-state index contributed by atoms with van der Waals surface area (Å²) in [5.41, 5.74) is 4.41. The Morgan fingerprint density at radius 3 is 2.73 bits per heavy atom. The van der Waals surface area contributed by atoms with Crippen LogP contribution < -0.4 is 33.7 Å². The minimum atomic E-state index is -1.74. The third-order valence-corrected chi connectivity index (χ3v) is 9.05. The quantitative estimate of drug-likeness (QED) is 0.0962. The van der Waals surface area contributed by atoms with Crippen LogP contribution in [0.1, 0.15) is 35.1 Å². The summed E-state index contributed by atoms with van der Waals surface area (Å²) < 4.78 is 40.5. The first-order chi connectivity index (χ1) is 23.6. The number of carboxylic acid groups (broad SMARTS) is 1. The first-order valence-electron chi connectivity index (χ1n) is 15.6. The normalized spacial score (nSPS) is 28.9. The van der Waals surface area contributed by atoms with E-state index >= 15 is 0 Å². The van der Waals surface area contributed by atoms with Gasteiger partial charge in [0, 0.05) is 29.0 Å². The summed E-state index contributed by atoms with van der Waals surface area (Å²) >= 11 is 0. The van der Waals surface area contributed by atoms with E-state index < -0.39 is 68.6 Å². The lowest BCUT2D eigenvalue weighted by molar-refractivity contribution is -0.848. The number of methoxy groups -OCH3 is 1. The highest BCUT2D eigenvalue weighted by Crippen LogP contribution is 2.57. The third-order valence-electron chi connectivity index (χ3n) is 9.05. The van der Waals surface area contributed by atoms with Crippen molar-refractivity contribution in [2.45, 2.75) is 55.7 Å². The molecule has 7 rings (SSSR count). The second-order valence-electron chi connectivity index (χ2n) is 12.1. The molecule has 0 aromatic heterocycles. The molecule has 0 aliphatic carbocycles. The van der Waals surface area contributed by atoms with E-state index in [1.807, 2.05) is 12.1 Å². The molecular weight excluding hydrogens is 648 g/mol. The molecule has 260 valence electrons. The van der Waals surface area contributed by atoms with Crippen LogP contribution in [-0.4, -0.2) is 102 Å². The van der Waals surface area contributed by atoms with Gasteiger partial charge >= 0.3 is 5.97 Å². The lowest BCUT2D eigenvalue weighted by Crippen LogP contribution is -3.05. The van der Waals surface area contributed by atoms with Crippen molar-refractivity contribution in [2.24, 2.45) is 4.99 Å². The van der Waals surface area contributed by atoms with Gasteiger partial charge in [0.1, 0.15) is 73.6 Å². The fourth-order valence-electron chi connectivity index (χ4n) is 6.78. The fourth-order valence-corrected chi connectivity index (χ4v) is 6.78. The summed E-state index contributed by atoms with van der Waals surface area (Å²) in [5, 5.41) is 51.9. The average Bonchev–Trinajstić information content (AvgIpc) is 3.77. The van der Waals surface area contributed by atoms with Gasteiger partial charge in [-0.05, 0) is 18.2 Å². The Kier molecular flexibility index (Phi) is 8.91. The van der Waals surface area contributed by atoms with Crippen LogP contribution in [0.2, 0.25) is 0 Å². The maximum atomic E-state index is 11.7. The van der Waals surface area contributed by atoms with E-state index in [2.05, 4.69) is 11.2 Å². The van der Waals surface area contributed by atoms with E-state index in [4.69, 9.17) is 33.2 Å². The molecule has 5 N–H and O–H groups in total. The van der Waals surface area contributed by atoms with Crippen molar-refractivity contribution in [3.05, 3.63) is 65.0 Å². The van der Waals surface area contributed by atoms with Crippen LogP contribution >= 0.6 is 0 Å². The van der Waals surface area contributed by atoms with Crippen LogP contribution in [-0.2, 0) is 25.6 Å². The molecule has 0 spiro atoms. The molecule has 0 amide bonds. The number of carbonyl (C=O) groups excluding carboxylic acids is 2. The number of aliphatic carboxylic acids is 1. The zero-order valence-corrected chi connectivity index (χ0v) is 26.1. The molecule has 5 aliphatic rings. The van der Waals surface area contributed by atoms with Gasteiger partial charge in [0.2, 0.25) is 12.0 Å². The van der Waals surface area contributed by atoms with Gasteiger partial charge in [-0.25, -0.2) is 0 Å². The van der Waals surface area contributed by atoms with Crippen LogP contribution in [0, 0.1) is 0 Å². The number of fused-ring (bicyclic) bond motifs is 6. The van der Waals surface area contributed by atoms with Gasteiger partial charge in [0.15, 0.2) is 18.3 Å². The molecule has 1 unspecified atom stereocenters. The molecule has 1 fully saturated rings. The first kappa shape index (κ1) is 32.8. The maximum absolute atomic E-state index is 11.7. The summed E-state index contributed by atoms with van der Waals surface area (Å²) in [7, 11) is 1.49. The summed E-state index contributed by atoms with van der Waals surface area (Å²) in [6, 6.07) is 6.93. The lowest BCUT2D eigenvalue weighted by atomic mass is 9.86. The number of benzene rings is 2. The van der Waals surface area contributed by atoms with Gasteiger partial charge in [0.25, 0.3) is 0 Å². The van der Waals surface area contributed by atoms with Crippen molar-refractivity contribution in [3.63, 3.8) is 0 Å². The average molecular weight is 683 g/mol. The predicted molar refractivity (Wildman–Crippen MR) is 161 cm³/mol. The van der Waals surface area contributed by atoms with Crippen molar-refractivity contribution in [3.8, 4) is 28.7 Å². The van der Waals surface area contributed by atoms with Crippen LogP contribution in [0.5, 0.6) is 28.7 Å². The summed E-state index contributed by atoms with van der Waals surface area (Å²) in [5.74, 6) is -1.16. The zero-order chi connectivity index (χ0) is 34.4. The molecular formula is C33H34N2O14. The van der Waals surface area contributed by atoms with Crippen molar-refractivity contribution >= 4 is 17.7 Å². The van der Waals surface area contributed by atoms with Crippen molar-refractivity contribution in [2.75, 3.05) is 33.7 Å². The molecule has 5 heterocycles. The Labute approximate surface area is 278 Å². The van der Waals surface area contributed by atoms with E-state index in [0.29, 0.717) is 36.1 Å². The van der Waals surface area contributed by atoms with E-state index in [1.54, 1.807) is 24.4 Å². The Morgan fingerprint density at radius 1 is 1.14 bits per heavy atom. The predicted octanol–water partition coefficient (Wildman–Crippen LogP) is -2.25. The number of nitrogens with one attached hydrogen (secondary N) is 1. The smallest absolute Gasteiger partial charge is 0.311 e. The minimum absolute atomic E-state index is 0.204. The van der Waals surface area contributed by atoms with Crippen molar-refractivity contribution in [1.29, 1.82) is 0 Å². The number of aliphatic hydroxyl groups is 4. The standard InChI is InChI=1S/C33H34N2O14/c1-43-32-21(46-14-36)3-2-18-19-12-44-22-7-17(47-33-29(42)28(41)27(40)23(48-33)13-45-25(39)8-24(37)38)6-16(26(22)30(19)49-31(18)32)10-35-9-15-4-5-34-20(15)11-35/h2-7,9,19,23,27-30,33,36,40-42H,8,10-14H2,1H3,(H,37,38)/t19-,23+,27+,28-,29+,30-,33-/m0/s1. The Hall–Kier alpha value is -4.71. The lowest BCUT2D eigenvalue weighted by Gasteiger charge is -2.40. The molecule has 0 saturated carbocycles. The molecule has 0 bridgehead atoms. The van der Waals surface area contributed by atoms with E-state index in [1.165, 1.54) is 7.11 Å². The highest BCUT2D eigenvalue weighted by atomic mass is 16.7. The first-order valence-corrected chi connectivity index (χ1v) is 15.6. The number of quaternary nitrogens is 1. The summed E-state index contributed by atoms with van der Waals surface area (Å²) in [4.78, 5) is 28.0. The molecule has 0 radical (unpaired) electrons. The number of esters is 1. The highest BCUT2D eigenvalue weighted by molar-refractivity contribution is 6.06. The second kappa shape index (κ2) is 13.3. The van der Waals surface area contributed by atoms with Gasteiger partial charge in [-0.3, -0.25) is 14.7 Å². The van der Waals surface area contributed by atoms with Crippen LogP contribution in [0.25, 0.3) is 0 Å². The van der Waals surface area contributed by atoms with Crippen LogP contribution in [0.15, 0.2) is 53.3 Å². The third kappa shape index (κ3) is 6.18.